The number of carboxylic acid groups (broad SMARTS) is 2. The van der Waals surface area contributed by atoms with Gasteiger partial charge in [-0.05, 0) is 31.2 Å². The molecule has 0 fully saturated rings. The van der Waals surface area contributed by atoms with Crippen LogP contribution in [0.4, 0.5) is 5.69 Å². The van der Waals surface area contributed by atoms with E-state index in [-0.39, 0.29) is 0 Å². The first kappa shape index (κ1) is 13.8. The fraction of sp³-hybridized carbons (Fsp3) is 0.214. The Bertz CT molecular complexity index is 669. The monoisotopic (exact) mass is 274 g/mol. The maximum atomic E-state index is 11.0. The van der Waals surface area contributed by atoms with Crippen LogP contribution >= 0.6 is 0 Å². The van der Waals surface area contributed by atoms with Crippen LogP contribution in [-0.2, 0) is 9.59 Å². The van der Waals surface area contributed by atoms with Crippen LogP contribution in [0.5, 0.6) is 0 Å². The van der Waals surface area contributed by atoms with E-state index in [9.17, 15) is 9.59 Å². The molecule has 1 atom stereocenters. The van der Waals surface area contributed by atoms with Crippen LogP contribution in [-0.4, -0.2) is 33.2 Å². The van der Waals surface area contributed by atoms with Crippen LogP contribution in [0.15, 0.2) is 30.3 Å². The van der Waals surface area contributed by atoms with E-state index >= 15 is 0 Å². The molecule has 1 aromatic carbocycles. The Balaban J connectivity index is 2.26. The first-order chi connectivity index (χ1) is 9.45. The van der Waals surface area contributed by atoms with Crippen molar-refractivity contribution in [2.45, 2.75) is 19.4 Å². The number of aliphatic carboxylic acids is 2. The average Bonchev–Trinajstić information content (AvgIpc) is 2.37. The molecule has 1 aromatic heterocycles. The van der Waals surface area contributed by atoms with Gasteiger partial charge in [-0.15, -0.1) is 0 Å². The molecule has 0 bridgehead atoms. The minimum absolute atomic E-state index is 0.487. The van der Waals surface area contributed by atoms with E-state index in [0.717, 1.165) is 16.6 Å². The third-order valence-corrected chi connectivity index (χ3v) is 2.85. The number of benzene rings is 1. The predicted molar refractivity (Wildman–Crippen MR) is 73.8 cm³/mol. The molecular formula is C14H14N2O4. The molecule has 2 aromatic rings. The third kappa shape index (κ3) is 3.23. The van der Waals surface area contributed by atoms with Crippen molar-refractivity contribution in [3.8, 4) is 0 Å². The number of carbonyl (C=O) groups is 2. The fourth-order valence-corrected chi connectivity index (χ4v) is 1.89. The number of nitrogens with zero attached hydrogens (tertiary/aromatic N) is 1. The molecule has 6 nitrogen and oxygen atoms in total. The Labute approximate surface area is 115 Å². The summed E-state index contributed by atoms with van der Waals surface area (Å²) in [4.78, 5) is 26.0. The molecule has 104 valence electrons. The number of carboxylic acids is 2. The number of pyridine rings is 1. The summed E-state index contributed by atoms with van der Waals surface area (Å²) < 4.78 is 0. The Morgan fingerprint density at radius 2 is 2.00 bits per heavy atom. The Morgan fingerprint density at radius 3 is 2.65 bits per heavy atom. The van der Waals surface area contributed by atoms with Gasteiger partial charge < -0.3 is 15.5 Å². The molecule has 1 heterocycles. The zero-order valence-electron chi connectivity index (χ0n) is 10.8. The van der Waals surface area contributed by atoms with Crippen LogP contribution in [0.3, 0.4) is 0 Å². The zero-order valence-corrected chi connectivity index (χ0v) is 10.8. The van der Waals surface area contributed by atoms with Crippen LogP contribution < -0.4 is 5.32 Å². The topological polar surface area (TPSA) is 99.5 Å². The van der Waals surface area contributed by atoms with E-state index in [2.05, 4.69) is 10.3 Å². The number of aromatic nitrogens is 1. The molecule has 6 heteroatoms. The van der Waals surface area contributed by atoms with Crippen molar-refractivity contribution in [3.63, 3.8) is 0 Å². The number of rotatable bonds is 5. The van der Waals surface area contributed by atoms with Crippen molar-refractivity contribution in [2.75, 3.05) is 5.32 Å². The molecular weight excluding hydrogens is 260 g/mol. The van der Waals surface area contributed by atoms with Gasteiger partial charge in [0.25, 0.3) is 0 Å². The quantitative estimate of drug-likeness (QED) is 0.769. The minimum atomic E-state index is -1.20. The maximum Gasteiger partial charge on any atom is 0.326 e. The lowest BCUT2D eigenvalue weighted by Gasteiger charge is -2.14. The van der Waals surface area contributed by atoms with Gasteiger partial charge in [-0.3, -0.25) is 9.78 Å². The lowest BCUT2D eigenvalue weighted by molar-refractivity contribution is -0.144. The summed E-state index contributed by atoms with van der Waals surface area (Å²) >= 11 is 0. The first-order valence-corrected chi connectivity index (χ1v) is 6.04. The highest BCUT2D eigenvalue weighted by molar-refractivity contribution is 5.86. The van der Waals surface area contributed by atoms with E-state index in [1.807, 2.05) is 19.1 Å². The molecule has 0 spiro atoms. The predicted octanol–water partition coefficient (Wildman–Crippen LogP) is 1.88. The van der Waals surface area contributed by atoms with Crippen LogP contribution in [0.1, 0.15) is 12.1 Å². The highest BCUT2D eigenvalue weighted by atomic mass is 16.4. The van der Waals surface area contributed by atoms with Crippen molar-refractivity contribution >= 4 is 28.5 Å². The van der Waals surface area contributed by atoms with Crippen LogP contribution in [0, 0.1) is 6.92 Å². The highest BCUT2D eigenvalue weighted by Crippen LogP contribution is 2.19. The van der Waals surface area contributed by atoms with Gasteiger partial charge >= 0.3 is 11.9 Å². The highest BCUT2D eigenvalue weighted by Gasteiger charge is 2.20. The van der Waals surface area contributed by atoms with Crippen LogP contribution in [0.2, 0.25) is 0 Å². The molecule has 2 rings (SSSR count). The average molecular weight is 274 g/mol. The van der Waals surface area contributed by atoms with E-state index in [1.165, 1.54) is 0 Å². The number of fused-ring (bicyclic) bond motifs is 1. The van der Waals surface area contributed by atoms with Gasteiger partial charge in [-0.1, -0.05) is 6.07 Å². The SMILES string of the molecule is Cc1ccc2cc(N[C@@H](CC(=O)O)C(=O)O)ccc2n1. The lowest BCUT2D eigenvalue weighted by Crippen LogP contribution is -2.31. The summed E-state index contributed by atoms with van der Waals surface area (Å²) in [6.45, 7) is 1.89. The standard InChI is InChI=1S/C14H14N2O4/c1-8-2-3-9-6-10(4-5-11(9)15-8)16-12(14(19)20)7-13(17)18/h2-6,12,16H,7H2,1H3,(H,17,18)(H,19,20)/t12-/m0/s1. The van der Waals surface area contributed by atoms with Gasteiger partial charge in [0.05, 0.1) is 11.9 Å². The zero-order chi connectivity index (χ0) is 14.7. The molecule has 0 saturated carbocycles. The van der Waals surface area contributed by atoms with Gasteiger partial charge in [0.2, 0.25) is 0 Å². The third-order valence-electron chi connectivity index (χ3n) is 2.85. The Kier molecular flexibility index (Phi) is 3.84. The largest absolute Gasteiger partial charge is 0.481 e. The Morgan fingerprint density at radius 1 is 1.25 bits per heavy atom. The van der Waals surface area contributed by atoms with Gasteiger partial charge in [-0.25, -0.2) is 4.79 Å². The Hall–Kier alpha value is -2.63. The summed E-state index contributed by atoms with van der Waals surface area (Å²) in [5.41, 5.74) is 2.25. The summed E-state index contributed by atoms with van der Waals surface area (Å²) in [5, 5.41) is 21.3. The molecule has 0 radical (unpaired) electrons. The van der Waals surface area contributed by atoms with Crippen molar-refractivity contribution in [2.24, 2.45) is 0 Å². The molecule has 0 aliphatic heterocycles. The minimum Gasteiger partial charge on any atom is -0.481 e. The van der Waals surface area contributed by atoms with Crippen molar-refractivity contribution < 1.29 is 19.8 Å². The van der Waals surface area contributed by atoms with E-state index in [4.69, 9.17) is 10.2 Å². The molecule has 3 N–H and O–H groups in total. The number of hydrogen-bond donors (Lipinski definition) is 3. The summed E-state index contributed by atoms with van der Waals surface area (Å²) in [6, 6.07) is 7.79. The fourth-order valence-electron chi connectivity index (χ4n) is 1.89. The van der Waals surface area contributed by atoms with E-state index < -0.39 is 24.4 Å². The van der Waals surface area contributed by atoms with Crippen LogP contribution in [0.25, 0.3) is 10.9 Å². The molecule has 0 amide bonds. The van der Waals surface area contributed by atoms with Gasteiger partial charge in [-0.2, -0.15) is 0 Å². The number of hydrogen-bond acceptors (Lipinski definition) is 4. The second-order valence-electron chi connectivity index (χ2n) is 4.49. The molecule has 0 aliphatic carbocycles. The van der Waals surface area contributed by atoms with Gasteiger partial charge in [0.15, 0.2) is 0 Å². The first-order valence-electron chi connectivity index (χ1n) is 6.04. The van der Waals surface area contributed by atoms with E-state index in [1.54, 1.807) is 18.2 Å². The number of anilines is 1. The second-order valence-corrected chi connectivity index (χ2v) is 4.49. The normalized spacial score (nSPS) is 12.1. The molecule has 0 aliphatic rings. The van der Waals surface area contributed by atoms with E-state index in [0.29, 0.717) is 5.69 Å². The summed E-state index contributed by atoms with van der Waals surface area (Å²) in [7, 11) is 0. The molecule has 20 heavy (non-hydrogen) atoms. The molecule has 0 unspecified atom stereocenters. The van der Waals surface area contributed by atoms with Gasteiger partial charge in [0.1, 0.15) is 6.04 Å². The van der Waals surface area contributed by atoms with Gasteiger partial charge in [0, 0.05) is 16.8 Å². The summed E-state index contributed by atoms with van der Waals surface area (Å²) in [6.07, 6.45) is -0.487. The summed E-state index contributed by atoms with van der Waals surface area (Å²) in [5.74, 6) is -2.36. The van der Waals surface area contributed by atoms with Crippen molar-refractivity contribution in [3.05, 3.63) is 36.0 Å². The molecule has 0 saturated heterocycles. The van der Waals surface area contributed by atoms with Crippen molar-refractivity contribution in [1.29, 1.82) is 0 Å². The number of aryl methyl sites for hydroxylation is 1. The second kappa shape index (κ2) is 5.56. The maximum absolute atomic E-state index is 11.0. The van der Waals surface area contributed by atoms with Crippen molar-refractivity contribution in [1.82, 2.24) is 4.98 Å². The number of nitrogens with one attached hydrogen (secondary N) is 1. The lowest BCUT2D eigenvalue weighted by atomic mass is 10.1. The smallest absolute Gasteiger partial charge is 0.326 e.